The number of benzene rings is 1. The van der Waals surface area contributed by atoms with E-state index in [1.54, 1.807) is 19.2 Å². The van der Waals surface area contributed by atoms with Crippen LogP contribution in [0, 0.1) is 11.2 Å². The van der Waals surface area contributed by atoms with Gasteiger partial charge in [0.1, 0.15) is 23.4 Å². The minimum Gasteiger partial charge on any atom is -0.384 e. The number of nitrogens with two attached hydrogens (primary N) is 1. The minimum absolute atomic E-state index is 0.0745. The summed E-state index contributed by atoms with van der Waals surface area (Å²) < 4.78 is 15.9. The average Bonchev–Trinajstić information content (AvgIpc) is 3.49. The first-order valence-electron chi connectivity index (χ1n) is 12.0. The van der Waals surface area contributed by atoms with E-state index < -0.39 is 23.7 Å². The summed E-state index contributed by atoms with van der Waals surface area (Å²) in [7, 11) is 1.63. The van der Waals surface area contributed by atoms with Crippen LogP contribution >= 0.6 is 0 Å². The van der Waals surface area contributed by atoms with E-state index in [0.29, 0.717) is 17.8 Å². The van der Waals surface area contributed by atoms with Crippen molar-refractivity contribution in [3.63, 3.8) is 0 Å². The van der Waals surface area contributed by atoms with E-state index in [0.717, 1.165) is 25.9 Å². The molecule has 188 valence electrons. The van der Waals surface area contributed by atoms with Gasteiger partial charge in [-0.1, -0.05) is 0 Å². The molecule has 0 spiro atoms. The van der Waals surface area contributed by atoms with Gasteiger partial charge < -0.3 is 16.0 Å². The van der Waals surface area contributed by atoms with Gasteiger partial charge in [-0.05, 0) is 56.1 Å². The lowest BCUT2D eigenvalue weighted by Gasteiger charge is -2.29. The van der Waals surface area contributed by atoms with Crippen LogP contribution in [-0.4, -0.2) is 71.7 Å². The lowest BCUT2D eigenvalue weighted by molar-refractivity contribution is -0.136. The van der Waals surface area contributed by atoms with Crippen LogP contribution in [0.4, 0.5) is 4.39 Å². The summed E-state index contributed by atoms with van der Waals surface area (Å²) >= 11 is 0. The molecule has 4 aliphatic heterocycles. The molecule has 5 rings (SSSR count). The largest absolute Gasteiger partial charge is 0.384 e. The van der Waals surface area contributed by atoms with Gasteiger partial charge in [0.25, 0.3) is 5.91 Å². The summed E-state index contributed by atoms with van der Waals surface area (Å²) in [5, 5.41) is 13.7. The van der Waals surface area contributed by atoms with E-state index in [4.69, 9.17) is 11.1 Å². The molecule has 0 aliphatic carbocycles. The highest BCUT2D eigenvalue weighted by Gasteiger charge is 2.41. The number of nitrogens with zero attached hydrogens (tertiary/aromatic N) is 3. The molecule has 1 aromatic carbocycles. The van der Waals surface area contributed by atoms with Crippen molar-refractivity contribution in [3.8, 4) is 0 Å². The highest BCUT2D eigenvalue weighted by molar-refractivity contribution is 6.23. The number of hydrogen-bond donors (Lipinski definition) is 4. The van der Waals surface area contributed by atoms with E-state index in [1.165, 1.54) is 11.0 Å². The lowest BCUT2D eigenvalue weighted by atomic mass is 9.95. The van der Waals surface area contributed by atoms with Crippen molar-refractivity contribution in [2.24, 2.45) is 10.7 Å². The van der Waals surface area contributed by atoms with Gasteiger partial charge in [-0.15, -0.1) is 0 Å². The predicted molar refractivity (Wildman–Crippen MR) is 131 cm³/mol. The number of allylic oxidation sites excluding steroid dienone is 2. The Bertz CT molecular complexity index is 1280. The van der Waals surface area contributed by atoms with Gasteiger partial charge in [0.15, 0.2) is 0 Å². The van der Waals surface area contributed by atoms with Crippen molar-refractivity contribution in [3.05, 3.63) is 57.8 Å². The second kappa shape index (κ2) is 9.30. The normalized spacial score (nSPS) is 23.9. The van der Waals surface area contributed by atoms with Gasteiger partial charge >= 0.3 is 0 Å². The average molecular weight is 494 g/mol. The number of aliphatic imine (C=N–C) groups is 1. The molecule has 11 heteroatoms. The van der Waals surface area contributed by atoms with Crippen molar-refractivity contribution >= 4 is 29.1 Å². The predicted octanol–water partition coefficient (Wildman–Crippen LogP) is 0.779. The fourth-order valence-electron chi connectivity index (χ4n) is 5.16. The first-order chi connectivity index (χ1) is 17.3. The van der Waals surface area contributed by atoms with E-state index in [1.807, 2.05) is 0 Å². The Morgan fingerprint density at radius 2 is 1.97 bits per heavy atom. The summed E-state index contributed by atoms with van der Waals surface area (Å²) in [5.74, 6) is -1.75. The topological polar surface area (TPSA) is 144 Å². The number of halogens is 1. The molecule has 2 fully saturated rings. The van der Waals surface area contributed by atoms with Gasteiger partial charge in [0.2, 0.25) is 11.8 Å². The molecule has 1 atom stereocenters. The fourth-order valence-corrected chi connectivity index (χ4v) is 5.16. The van der Waals surface area contributed by atoms with Gasteiger partial charge in [0.05, 0.1) is 18.0 Å². The SMILES string of the molecule is CN/C(N)=C1\N=C(c2ccc3c(c2F)CN(C2CCC(=O)NC2=O)C3=O)C=C(CN2CCCC2)C1=N. The van der Waals surface area contributed by atoms with Gasteiger partial charge in [-0.3, -0.25) is 30.0 Å². The Morgan fingerprint density at radius 1 is 1.25 bits per heavy atom. The maximum Gasteiger partial charge on any atom is 0.255 e. The molecule has 0 saturated carbocycles. The number of imide groups is 1. The number of carbonyl (C=O) groups is 3. The van der Waals surface area contributed by atoms with Crippen LogP contribution in [0.2, 0.25) is 0 Å². The number of dihydropyridines is 1. The molecule has 5 N–H and O–H groups in total. The van der Waals surface area contributed by atoms with Crippen molar-refractivity contribution in [1.82, 2.24) is 20.4 Å². The van der Waals surface area contributed by atoms with Crippen LogP contribution in [0.1, 0.15) is 47.2 Å². The molecule has 3 amide bonds. The number of fused-ring (bicyclic) bond motifs is 1. The van der Waals surface area contributed by atoms with Gasteiger partial charge in [0, 0.05) is 36.7 Å². The highest BCUT2D eigenvalue weighted by Crippen LogP contribution is 2.32. The molecule has 1 aromatic rings. The number of hydrogen-bond acceptors (Lipinski definition) is 8. The Labute approximate surface area is 207 Å². The summed E-state index contributed by atoms with van der Waals surface area (Å²) in [6.45, 7) is 2.33. The maximum atomic E-state index is 15.9. The number of piperidine rings is 1. The van der Waals surface area contributed by atoms with E-state index in [-0.39, 0.29) is 59.2 Å². The standard InChI is InChI=1S/C25H28FN7O3/c1-29-23(28)22-21(27)13(11-32-8-2-3-9-32)10-17(30-22)15-5-4-14-16(20(15)26)12-33(25(14)36)18-6-7-19(34)31-24(18)35/h4-5,10,18,27,29H,2-3,6-9,11-12,28H2,1H3,(H,31,34,35)/b23-22-,27-21?. The quantitative estimate of drug-likeness (QED) is 0.446. The van der Waals surface area contributed by atoms with Crippen molar-refractivity contribution in [1.29, 1.82) is 5.41 Å². The van der Waals surface area contributed by atoms with Crippen molar-refractivity contribution < 1.29 is 18.8 Å². The molecule has 36 heavy (non-hydrogen) atoms. The number of carbonyl (C=O) groups excluding carboxylic acids is 3. The zero-order chi connectivity index (χ0) is 25.6. The second-order valence-corrected chi connectivity index (χ2v) is 9.39. The molecule has 0 radical (unpaired) electrons. The Kier molecular flexibility index (Phi) is 6.17. The molecule has 0 bridgehead atoms. The summed E-state index contributed by atoms with van der Waals surface area (Å²) in [6.07, 6.45) is 4.24. The molecular weight excluding hydrogens is 465 g/mol. The molecule has 4 heterocycles. The monoisotopic (exact) mass is 493 g/mol. The smallest absolute Gasteiger partial charge is 0.255 e. The van der Waals surface area contributed by atoms with Gasteiger partial charge in [-0.25, -0.2) is 9.38 Å². The Morgan fingerprint density at radius 3 is 2.67 bits per heavy atom. The molecule has 1 unspecified atom stereocenters. The van der Waals surface area contributed by atoms with Gasteiger partial charge in [-0.2, -0.15) is 0 Å². The summed E-state index contributed by atoms with van der Waals surface area (Å²) in [4.78, 5) is 44.9. The van der Waals surface area contributed by atoms with Crippen LogP contribution in [-0.2, 0) is 16.1 Å². The molecular formula is C25H28FN7O3. The zero-order valence-electron chi connectivity index (χ0n) is 20.0. The maximum absolute atomic E-state index is 15.9. The van der Waals surface area contributed by atoms with E-state index >= 15 is 4.39 Å². The van der Waals surface area contributed by atoms with Crippen LogP contribution in [0.15, 0.2) is 40.3 Å². The number of nitrogens with one attached hydrogen (secondary N) is 3. The molecule has 2 saturated heterocycles. The van der Waals surface area contributed by atoms with E-state index in [2.05, 4.69) is 20.5 Å². The van der Waals surface area contributed by atoms with Crippen molar-refractivity contribution in [2.45, 2.75) is 38.3 Å². The third kappa shape index (κ3) is 4.09. The third-order valence-electron chi connectivity index (χ3n) is 7.14. The number of rotatable bonds is 5. The summed E-state index contributed by atoms with van der Waals surface area (Å²) in [6, 6.07) is 2.23. The van der Waals surface area contributed by atoms with Crippen LogP contribution in [0.25, 0.3) is 0 Å². The zero-order valence-corrected chi connectivity index (χ0v) is 20.0. The minimum atomic E-state index is -0.824. The number of likely N-dealkylation sites (tertiary alicyclic amines) is 1. The lowest BCUT2D eigenvalue weighted by Crippen LogP contribution is -2.52. The fraction of sp³-hybridized carbons (Fsp3) is 0.400. The Hall–Kier alpha value is -3.86. The highest BCUT2D eigenvalue weighted by atomic mass is 19.1. The van der Waals surface area contributed by atoms with E-state index in [9.17, 15) is 14.4 Å². The molecule has 4 aliphatic rings. The number of amides is 3. The second-order valence-electron chi connectivity index (χ2n) is 9.39. The van der Waals surface area contributed by atoms with Crippen LogP contribution < -0.4 is 16.4 Å². The summed E-state index contributed by atoms with van der Waals surface area (Å²) in [5.41, 5.74) is 8.11. The van der Waals surface area contributed by atoms with Crippen LogP contribution in [0.3, 0.4) is 0 Å². The molecule has 10 nitrogen and oxygen atoms in total. The third-order valence-corrected chi connectivity index (χ3v) is 7.14. The Balaban J connectivity index is 1.50. The van der Waals surface area contributed by atoms with Crippen LogP contribution in [0.5, 0.6) is 0 Å². The first kappa shape index (κ1) is 23.9. The first-order valence-corrected chi connectivity index (χ1v) is 12.0. The van der Waals surface area contributed by atoms with Crippen molar-refractivity contribution in [2.75, 3.05) is 26.7 Å². The molecule has 0 aromatic heterocycles.